The predicted molar refractivity (Wildman–Crippen MR) is 111 cm³/mol. The van der Waals surface area contributed by atoms with Crippen LogP contribution in [0.2, 0.25) is 0 Å². The van der Waals surface area contributed by atoms with Crippen molar-refractivity contribution in [3.05, 3.63) is 48.5 Å². The minimum Gasteiger partial charge on any atom is -0.504 e. The van der Waals surface area contributed by atoms with Crippen molar-refractivity contribution in [2.24, 2.45) is 0 Å². The molecule has 2 aromatic rings. The summed E-state index contributed by atoms with van der Waals surface area (Å²) in [6.45, 7) is 1.89. The van der Waals surface area contributed by atoms with E-state index >= 15 is 0 Å². The minimum atomic E-state index is -4.47. The maximum atomic E-state index is 13.1. The fourth-order valence-corrected chi connectivity index (χ4v) is 6.64. The highest BCUT2D eigenvalue weighted by molar-refractivity contribution is 8.04. The summed E-state index contributed by atoms with van der Waals surface area (Å²) in [6, 6.07) is 10.3. The summed E-state index contributed by atoms with van der Waals surface area (Å²) in [4.78, 5) is -0.532. The first-order valence-corrected chi connectivity index (χ1v) is 12.4. The molecular formula is C20H27NO6S2. The number of hydrogen-bond acceptors (Lipinski definition) is 6. The van der Waals surface area contributed by atoms with Crippen LogP contribution in [0.15, 0.2) is 58.3 Å². The number of benzene rings is 2. The van der Waals surface area contributed by atoms with Gasteiger partial charge >= 0.3 is 0 Å². The summed E-state index contributed by atoms with van der Waals surface area (Å²) in [7, 11) is -8.80. The number of sulfonamides is 2. The normalized spacial score (nSPS) is 12.3. The van der Waals surface area contributed by atoms with E-state index in [-0.39, 0.29) is 11.4 Å². The average molecular weight is 442 g/mol. The Morgan fingerprint density at radius 1 is 0.724 bits per heavy atom. The summed E-state index contributed by atoms with van der Waals surface area (Å²) in [5.41, 5.74) is 0. The highest BCUT2D eigenvalue weighted by Gasteiger charge is 2.36. The lowest BCUT2D eigenvalue weighted by Crippen LogP contribution is -2.37. The van der Waals surface area contributed by atoms with Crippen molar-refractivity contribution < 1.29 is 27.0 Å². The number of unbranched alkanes of at least 4 members (excludes halogenated alkanes) is 5. The SMILES string of the molecule is CCCCCCCCN(S(=O)(=O)c1ccccc1)S(=O)(=O)c1ccc(O)c(O)c1. The number of phenols is 2. The molecule has 2 N–H and O–H groups in total. The van der Waals surface area contributed by atoms with Gasteiger partial charge in [0.25, 0.3) is 20.0 Å². The third-order valence-electron chi connectivity index (χ3n) is 4.52. The van der Waals surface area contributed by atoms with Crippen molar-refractivity contribution in [3.8, 4) is 11.5 Å². The molecular weight excluding hydrogens is 414 g/mol. The number of aromatic hydroxyl groups is 2. The third-order valence-corrected chi connectivity index (χ3v) is 8.85. The molecule has 0 radical (unpaired) electrons. The van der Waals surface area contributed by atoms with Crippen LogP contribution in [0.25, 0.3) is 0 Å². The largest absolute Gasteiger partial charge is 0.504 e. The molecule has 29 heavy (non-hydrogen) atoms. The fourth-order valence-electron chi connectivity index (χ4n) is 2.88. The van der Waals surface area contributed by atoms with Crippen molar-refractivity contribution in [3.63, 3.8) is 0 Å². The van der Waals surface area contributed by atoms with E-state index in [0.29, 0.717) is 16.6 Å². The number of hydrogen-bond donors (Lipinski definition) is 2. The molecule has 0 amide bonds. The van der Waals surface area contributed by atoms with Gasteiger partial charge in [0.05, 0.1) is 9.79 Å². The van der Waals surface area contributed by atoms with Gasteiger partial charge in [-0.25, -0.2) is 16.8 Å². The van der Waals surface area contributed by atoms with Gasteiger partial charge in [-0.1, -0.05) is 60.9 Å². The van der Waals surface area contributed by atoms with Crippen LogP contribution in [0.5, 0.6) is 11.5 Å². The van der Waals surface area contributed by atoms with Gasteiger partial charge in [-0.3, -0.25) is 0 Å². The predicted octanol–water partition coefficient (Wildman–Crippen LogP) is 3.84. The van der Waals surface area contributed by atoms with Gasteiger partial charge in [-0.2, -0.15) is 0 Å². The summed E-state index contributed by atoms with van der Waals surface area (Å²) in [5, 5.41) is 19.1. The van der Waals surface area contributed by atoms with E-state index in [1.54, 1.807) is 6.07 Å². The third kappa shape index (κ3) is 5.71. The maximum Gasteiger partial charge on any atom is 0.256 e. The Kier molecular flexibility index (Phi) is 8.06. The molecule has 0 bridgehead atoms. The van der Waals surface area contributed by atoms with Crippen LogP contribution in [0.1, 0.15) is 45.4 Å². The van der Waals surface area contributed by atoms with Crippen molar-refractivity contribution in [1.82, 2.24) is 3.71 Å². The molecule has 2 rings (SSSR count). The van der Waals surface area contributed by atoms with E-state index in [1.807, 2.05) is 0 Å². The summed E-state index contributed by atoms with van der Waals surface area (Å²) in [5.74, 6) is -1.12. The second kappa shape index (κ2) is 10.1. The molecule has 0 aromatic heterocycles. The van der Waals surface area contributed by atoms with Crippen molar-refractivity contribution in [2.45, 2.75) is 55.2 Å². The molecule has 9 heteroatoms. The fraction of sp³-hybridized carbons (Fsp3) is 0.400. The van der Waals surface area contributed by atoms with Gasteiger partial charge in [0.1, 0.15) is 0 Å². The molecule has 0 aliphatic heterocycles. The minimum absolute atomic E-state index is 0.127. The van der Waals surface area contributed by atoms with Gasteiger partial charge in [-0.05, 0) is 30.7 Å². The molecule has 0 fully saturated rings. The second-order valence-electron chi connectivity index (χ2n) is 6.74. The molecule has 0 aliphatic carbocycles. The zero-order chi connectivity index (χ0) is 21.5. The number of rotatable bonds is 11. The van der Waals surface area contributed by atoms with Crippen molar-refractivity contribution >= 4 is 20.0 Å². The molecule has 0 heterocycles. The zero-order valence-electron chi connectivity index (χ0n) is 16.4. The Hall–Kier alpha value is -2.10. The first-order chi connectivity index (χ1) is 13.7. The van der Waals surface area contributed by atoms with Crippen LogP contribution in [0, 0.1) is 0 Å². The summed E-state index contributed by atoms with van der Waals surface area (Å²) >= 11 is 0. The van der Waals surface area contributed by atoms with Gasteiger partial charge in [0, 0.05) is 12.6 Å². The standard InChI is InChI=1S/C20H27NO6S2/c1-2-3-4-5-6-10-15-21(28(24,25)17-11-8-7-9-12-17)29(26,27)18-13-14-19(22)20(23)16-18/h7-9,11-14,16,22-23H,2-6,10,15H2,1H3. The number of phenolic OH excluding ortho intramolecular Hbond substituents is 2. The topological polar surface area (TPSA) is 112 Å². The van der Waals surface area contributed by atoms with E-state index in [4.69, 9.17) is 0 Å². The highest BCUT2D eigenvalue weighted by Crippen LogP contribution is 2.31. The van der Waals surface area contributed by atoms with E-state index in [0.717, 1.165) is 43.9 Å². The molecule has 160 valence electrons. The molecule has 0 aliphatic rings. The monoisotopic (exact) mass is 441 g/mol. The van der Waals surface area contributed by atoms with Crippen molar-refractivity contribution in [2.75, 3.05) is 6.54 Å². The highest BCUT2D eigenvalue weighted by atomic mass is 32.3. The Labute approximate surface area is 172 Å². The van der Waals surface area contributed by atoms with Crippen LogP contribution >= 0.6 is 0 Å². The van der Waals surface area contributed by atoms with Gasteiger partial charge in [-0.15, -0.1) is 0 Å². The lowest BCUT2D eigenvalue weighted by Gasteiger charge is -2.22. The zero-order valence-corrected chi connectivity index (χ0v) is 18.0. The van der Waals surface area contributed by atoms with Crippen LogP contribution in [0.4, 0.5) is 0 Å². The van der Waals surface area contributed by atoms with E-state index < -0.39 is 36.4 Å². The van der Waals surface area contributed by atoms with Crippen LogP contribution in [-0.2, 0) is 20.0 Å². The quantitative estimate of drug-likeness (QED) is 0.405. The molecule has 0 spiro atoms. The molecule has 2 aromatic carbocycles. The van der Waals surface area contributed by atoms with Gasteiger partial charge in [0.15, 0.2) is 11.5 Å². The van der Waals surface area contributed by atoms with Gasteiger partial charge < -0.3 is 10.2 Å². The average Bonchev–Trinajstić information content (AvgIpc) is 2.69. The van der Waals surface area contributed by atoms with E-state index in [1.165, 1.54) is 24.3 Å². The Morgan fingerprint density at radius 3 is 1.93 bits per heavy atom. The van der Waals surface area contributed by atoms with Gasteiger partial charge in [0.2, 0.25) is 0 Å². The van der Waals surface area contributed by atoms with E-state index in [2.05, 4.69) is 6.92 Å². The molecule has 0 unspecified atom stereocenters. The summed E-state index contributed by atoms with van der Waals surface area (Å²) in [6.07, 6.45) is 5.16. The van der Waals surface area contributed by atoms with E-state index in [9.17, 15) is 27.0 Å². The summed E-state index contributed by atoms with van der Waals surface area (Å²) < 4.78 is 53.0. The molecule has 0 atom stereocenters. The van der Waals surface area contributed by atoms with Crippen LogP contribution in [0.3, 0.4) is 0 Å². The lowest BCUT2D eigenvalue weighted by molar-refractivity contribution is 0.402. The number of nitrogens with zero attached hydrogens (tertiary/aromatic N) is 1. The maximum absolute atomic E-state index is 13.1. The second-order valence-corrected chi connectivity index (χ2v) is 10.7. The molecule has 0 saturated carbocycles. The molecule has 7 nitrogen and oxygen atoms in total. The first-order valence-electron chi connectivity index (χ1n) is 9.56. The Morgan fingerprint density at radius 2 is 1.31 bits per heavy atom. The van der Waals surface area contributed by atoms with Crippen LogP contribution < -0.4 is 0 Å². The Balaban J connectivity index is 2.37. The van der Waals surface area contributed by atoms with Crippen molar-refractivity contribution in [1.29, 1.82) is 0 Å². The van der Waals surface area contributed by atoms with Crippen LogP contribution in [-0.4, -0.2) is 37.3 Å². The Bertz CT molecular complexity index is 1000. The smallest absolute Gasteiger partial charge is 0.256 e. The lowest BCUT2D eigenvalue weighted by atomic mass is 10.1. The first kappa shape index (κ1) is 23.2. The molecule has 0 saturated heterocycles.